The molecule has 22 heavy (non-hydrogen) atoms. The summed E-state index contributed by atoms with van der Waals surface area (Å²) in [6, 6.07) is 0. The number of aromatic nitrogens is 2. The number of nitrogens with one attached hydrogen (secondary N) is 1. The highest BCUT2D eigenvalue weighted by atomic mass is 16.1. The van der Waals surface area contributed by atoms with Gasteiger partial charge in [0, 0.05) is 30.6 Å². The van der Waals surface area contributed by atoms with Crippen LogP contribution in [0.25, 0.3) is 0 Å². The summed E-state index contributed by atoms with van der Waals surface area (Å²) >= 11 is 0. The molecule has 0 unspecified atom stereocenters. The first-order chi connectivity index (χ1) is 10.4. The molecule has 1 fully saturated rings. The Morgan fingerprint density at radius 3 is 2.64 bits per heavy atom. The number of nitrogens with zero attached hydrogens (tertiary/aromatic N) is 2. The van der Waals surface area contributed by atoms with Crippen LogP contribution in [0.5, 0.6) is 0 Å². The Bertz CT molecular complexity index is 579. The summed E-state index contributed by atoms with van der Waals surface area (Å²) in [6.07, 6.45) is 7.78. The van der Waals surface area contributed by atoms with E-state index in [1.807, 2.05) is 0 Å². The van der Waals surface area contributed by atoms with Gasteiger partial charge in [0.1, 0.15) is 5.82 Å². The normalized spacial score (nSPS) is 20.9. The van der Waals surface area contributed by atoms with Crippen LogP contribution in [0.2, 0.25) is 0 Å². The molecule has 4 heteroatoms. The number of hydrogen-bond acceptors (Lipinski definition) is 3. The fourth-order valence-corrected chi connectivity index (χ4v) is 3.74. The summed E-state index contributed by atoms with van der Waals surface area (Å²) in [5, 5.41) is 0. The van der Waals surface area contributed by atoms with Crippen LogP contribution in [-0.2, 0) is 18.4 Å². The first-order valence-corrected chi connectivity index (χ1v) is 8.78. The molecule has 3 rings (SSSR count). The van der Waals surface area contributed by atoms with Crippen molar-refractivity contribution >= 4 is 0 Å². The number of hydrogen-bond donors (Lipinski definition) is 1. The fraction of sp³-hybridized carbons (Fsp3) is 0.778. The molecule has 0 saturated heterocycles. The monoisotopic (exact) mass is 303 g/mol. The molecule has 122 valence electrons. The Kier molecular flexibility index (Phi) is 4.40. The lowest BCUT2D eigenvalue weighted by molar-refractivity contribution is 0.183. The van der Waals surface area contributed by atoms with Gasteiger partial charge < -0.3 is 4.98 Å². The quantitative estimate of drug-likeness (QED) is 0.913. The molecule has 1 aromatic heterocycles. The van der Waals surface area contributed by atoms with Crippen molar-refractivity contribution < 1.29 is 0 Å². The summed E-state index contributed by atoms with van der Waals surface area (Å²) in [7, 11) is 0. The van der Waals surface area contributed by atoms with E-state index in [1.54, 1.807) is 0 Å². The Morgan fingerprint density at radius 1 is 1.23 bits per heavy atom. The van der Waals surface area contributed by atoms with Crippen molar-refractivity contribution in [3.05, 3.63) is 27.4 Å². The highest BCUT2D eigenvalue weighted by Gasteiger charge is 2.26. The van der Waals surface area contributed by atoms with Gasteiger partial charge in [-0.3, -0.25) is 9.69 Å². The van der Waals surface area contributed by atoms with Gasteiger partial charge in [-0.25, -0.2) is 4.98 Å². The summed E-state index contributed by atoms with van der Waals surface area (Å²) in [6.45, 7) is 9.32. The van der Waals surface area contributed by atoms with Crippen LogP contribution >= 0.6 is 0 Å². The first-order valence-electron chi connectivity index (χ1n) is 8.78. The molecule has 2 heterocycles. The van der Waals surface area contributed by atoms with Gasteiger partial charge in [-0.1, -0.05) is 40.0 Å². The molecule has 0 bridgehead atoms. The molecule has 1 aliphatic carbocycles. The molecule has 0 amide bonds. The van der Waals surface area contributed by atoms with E-state index in [-0.39, 0.29) is 11.0 Å². The second kappa shape index (κ2) is 6.15. The van der Waals surface area contributed by atoms with Crippen molar-refractivity contribution in [1.29, 1.82) is 0 Å². The molecule has 0 aromatic carbocycles. The minimum absolute atomic E-state index is 0.0761. The van der Waals surface area contributed by atoms with Gasteiger partial charge in [-0.2, -0.15) is 0 Å². The van der Waals surface area contributed by atoms with Crippen LogP contribution in [-0.4, -0.2) is 28.0 Å². The third-order valence-electron chi connectivity index (χ3n) is 5.10. The number of aromatic amines is 1. The van der Waals surface area contributed by atoms with Gasteiger partial charge in [-0.05, 0) is 25.2 Å². The largest absolute Gasteiger partial charge is 0.310 e. The van der Waals surface area contributed by atoms with Crippen molar-refractivity contribution in [2.24, 2.45) is 5.92 Å². The van der Waals surface area contributed by atoms with Gasteiger partial charge in [0.25, 0.3) is 5.56 Å². The fourth-order valence-electron chi connectivity index (χ4n) is 3.74. The summed E-state index contributed by atoms with van der Waals surface area (Å²) in [5.41, 5.74) is 1.88. The van der Waals surface area contributed by atoms with Crippen LogP contribution in [0.4, 0.5) is 0 Å². The van der Waals surface area contributed by atoms with Crippen LogP contribution in [0.1, 0.15) is 70.0 Å². The van der Waals surface area contributed by atoms with Crippen molar-refractivity contribution in [3.63, 3.8) is 0 Å². The molecule has 1 aliphatic heterocycles. The van der Waals surface area contributed by atoms with Crippen LogP contribution < -0.4 is 5.56 Å². The molecular weight excluding hydrogens is 274 g/mol. The van der Waals surface area contributed by atoms with Gasteiger partial charge in [0.2, 0.25) is 0 Å². The molecule has 0 spiro atoms. The minimum atomic E-state index is -0.111. The Morgan fingerprint density at radius 2 is 1.95 bits per heavy atom. The molecular formula is C18H29N3O. The molecule has 0 atom stereocenters. The maximum atomic E-state index is 12.3. The second-order valence-electron chi connectivity index (χ2n) is 8.08. The summed E-state index contributed by atoms with van der Waals surface area (Å²) in [4.78, 5) is 22.6. The van der Waals surface area contributed by atoms with E-state index in [1.165, 1.54) is 38.6 Å². The van der Waals surface area contributed by atoms with Gasteiger partial charge in [0.15, 0.2) is 0 Å². The average Bonchev–Trinajstić information content (AvgIpc) is 2.47. The van der Waals surface area contributed by atoms with E-state index in [2.05, 4.69) is 30.7 Å². The van der Waals surface area contributed by atoms with Crippen molar-refractivity contribution in [1.82, 2.24) is 14.9 Å². The number of fused-ring (bicyclic) bond motifs is 1. The average molecular weight is 303 g/mol. The lowest BCUT2D eigenvalue weighted by atomic mass is 9.88. The maximum absolute atomic E-state index is 12.3. The third kappa shape index (κ3) is 3.43. The smallest absolute Gasteiger partial charge is 0.254 e. The molecule has 2 aliphatic rings. The lowest BCUT2D eigenvalue weighted by Crippen LogP contribution is -2.39. The predicted octanol–water partition coefficient (Wildman–Crippen LogP) is 3.01. The van der Waals surface area contributed by atoms with E-state index in [0.29, 0.717) is 0 Å². The first kappa shape index (κ1) is 15.7. The topological polar surface area (TPSA) is 49.0 Å². The summed E-state index contributed by atoms with van der Waals surface area (Å²) < 4.78 is 0. The van der Waals surface area contributed by atoms with E-state index in [9.17, 15) is 4.79 Å². The van der Waals surface area contributed by atoms with Crippen molar-refractivity contribution in [2.75, 3.05) is 13.1 Å². The van der Waals surface area contributed by atoms with E-state index in [4.69, 9.17) is 4.98 Å². The summed E-state index contributed by atoms with van der Waals surface area (Å²) in [5.74, 6) is 1.66. The molecule has 1 saturated carbocycles. The second-order valence-corrected chi connectivity index (χ2v) is 8.08. The van der Waals surface area contributed by atoms with E-state index >= 15 is 0 Å². The Balaban J connectivity index is 1.76. The number of H-pyrrole nitrogens is 1. The zero-order valence-corrected chi connectivity index (χ0v) is 14.2. The minimum Gasteiger partial charge on any atom is -0.310 e. The molecule has 0 radical (unpaired) electrons. The van der Waals surface area contributed by atoms with Crippen LogP contribution in [0.15, 0.2) is 4.79 Å². The van der Waals surface area contributed by atoms with Crippen molar-refractivity contribution in [2.45, 2.75) is 71.3 Å². The highest BCUT2D eigenvalue weighted by molar-refractivity contribution is 5.22. The Labute approximate surface area is 133 Å². The van der Waals surface area contributed by atoms with Gasteiger partial charge in [-0.15, -0.1) is 0 Å². The maximum Gasteiger partial charge on any atom is 0.254 e. The predicted molar refractivity (Wildman–Crippen MR) is 89.1 cm³/mol. The standard InChI is InChI=1S/C18H29N3O/c1-18(2,3)17-19-15-12-21(10-9-14(15)16(22)20-17)11-13-7-5-4-6-8-13/h13H,4-12H2,1-3H3,(H,19,20,22). The van der Waals surface area contributed by atoms with E-state index < -0.39 is 0 Å². The third-order valence-corrected chi connectivity index (χ3v) is 5.10. The lowest BCUT2D eigenvalue weighted by Gasteiger charge is -2.33. The van der Waals surface area contributed by atoms with Crippen LogP contribution in [0, 0.1) is 5.92 Å². The van der Waals surface area contributed by atoms with E-state index in [0.717, 1.165) is 42.5 Å². The highest BCUT2D eigenvalue weighted by Crippen LogP contribution is 2.26. The van der Waals surface area contributed by atoms with Gasteiger partial charge >= 0.3 is 0 Å². The van der Waals surface area contributed by atoms with Gasteiger partial charge in [0.05, 0.1) is 5.69 Å². The SMILES string of the molecule is CC(C)(C)c1nc2c(c(=O)[nH]1)CCN(CC1CCCCC1)C2. The molecule has 1 aromatic rings. The molecule has 4 nitrogen and oxygen atoms in total. The zero-order chi connectivity index (χ0) is 15.7. The van der Waals surface area contributed by atoms with Crippen LogP contribution in [0.3, 0.4) is 0 Å². The zero-order valence-electron chi connectivity index (χ0n) is 14.2. The Hall–Kier alpha value is -1.16. The molecule has 1 N–H and O–H groups in total. The van der Waals surface area contributed by atoms with Crippen molar-refractivity contribution in [3.8, 4) is 0 Å². The number of rotatable bonds is 2.